The Labute approximate surface area is 480 Å². The first-order chi connectivity index (χ1) is 38.6. The Bertz CT molecular complexity index is 3610. The Morgan fingerprint density at radius 2 is 1.27 bits per heavy atom. The number of Topliss-reactive ketones (excluding diaryl/α,β-unsaturated/α-hetero) is 1. The van der Waals surface area contributed by atoms with Crippen LogP contribution in [0.15, 0.2) is 91.0 Å². The van der Waals surface area contributed by atoms with Crippen LogP contribution in [-0.2, 0) is 87.2 Å². The first-order valence-corrected chi connectivity index (χ1v) is 33.3. The lowest BCUT2D eigenvalue weighted by molar-refractivity contribution is -0.119. The van der Waals surface area contributed by atoms with Gasteiger partial charge in [-0.1, -0.05) is 64.9 Å². The summed E-state index contributed by atoms with van der Waals surface area (Å²) in [4.78, 5) is 58.0. The van der Waals surface area contributed by atoms with Crippen molar-refractivity contribution in [1.82, 2.24) is 0 Å². The molecule has 0 saturated carbocycles. The smallest absolute Gasteiger partial charge is 0.279 e. The molecule has 0 aliphatic carbocycles. The van der Waals surface area contributed by atoms with Crippen molar-refractivity contribution in [3.63, 3.8) is 0 Å². The van der Waals surface area contributed by atoms with Crippen molar-refractivity contribution < 1.29 is 71.6 Å². The molecule has 0 saturated heterocycles. The van der Waals surface area contributed by atoms with Crippen LogP contribution in [0.3, 0.4) is 0 Å². The number of hydrogen-bond donors (Lipinski definition) is 2. The lowest BCUT2D eigenvalue weighted by atomic mass is 9.91. The van der Waals surface area contributed by atoms with Gasteiger partial charge < -0.3 is 29.3 Å². The van der Waals surface area contributed by atoms with E-state index in [0.717, 1.165) is 25.3 Å². The molecule has 0 aromatic heterocycles. The molecule has 4 aliphatic rings. The number of para-hydroxylation sites is 2. The fraction of sp³-hybridized carbons (Fsp3) is 0.404. The summed E-state index contributed by atoms with van der Waals surface area (Å²) in [7, 11) is -6.69. The third-order valence-electron chi connectivity index (χ3n) is 15.2. The Balaban J connectivity index is 1.02. The van der Waals surface area contributed by atoms with Gasteiger partial charge in [-0.05, 0) is 139 Å². The SMILES string of the molecule is CCC(=O)CCCSSCCC(C(=O)Nc1cc(COc2cc3c(cc2C)C(=O)N2c4ccccc4C[C@H]2C(S(=O)(=O)OC)C3)cc(COc2cc3c(cc2OC)C(=O)N2c4ccccc4C[C@H]2C(CS(=O)(=O)O)C3)c1)S(=O)(=O)OC. The molecule has 5 aromatic rings. The third-order valence-corrected chi connectivity index (χ3v) is 21.9. The summed E-state index contributed by atoms with van der Waals surface area (Å²) < 4.78 is 118. The summed E-state index contributed by atoms with van der Waals surface area (Å²) in [6, 6.07) is 24.8. The van der Waals surface area contributed by atoms with Gasteiger partial charge in [-0.25, -0.2) is 0 Å². The van der Waals surface area contributed by atoms with Crippen LogP contribution in [-0.4, -0.2) is 114 Å². The minimum Gasteiger partial charge on any atom is -0.493 e. The molecular formula is C57H63N3O16S5. The van der Waals surface area contributed by atoms with Crippen LogP contribution in [0.2, 0.25) is 0 Å². The van der Waals surface area contributed by atoms with Gasteiger partial charge in [0.1, 0.15) is 30.0 Å². The molecule has 0 spiro atoms. The fourth-order valence-corrected chi connectivity index (χ4v) is 16.7. The standard InChI is InChI=1S/C57H63N3O16S5/c1-6-43(61)14-11-18-77-78-19-17-53(80(68,69)73-4)55(62)58-42-22-35(31-75-50-27-40-29-54(81(70,71)74-5)49-26-38-13-8-10-16-47(38)60(49)56(63)44(40)20-34(50)2)21-36(23-42)32-76-52-28-39-24-41(33-79(65,66)67)48-25-37-12-7-9-15-46(37)59(48)57(64)45(39)30-51(52)72-3/h7-10,12-13,15-16,20-23,27-28,30,41,48-49,53-54H,6,11,14,17-19,24-26,29,31-33H2,1-5H3,(H,58,62)(H,65,66,67)/t41?,48-,49-,53?,54?/m0/s1. The quantitative estimate of drug-likeness (QED) is 0.0256. The summed E-state index contributed by atoms with van der Waals surface area (Å²) >= 11 is 0. The minimum atomic E-state index is -4.48. The second kappa shape index (κ2) is 24.8. The van der Waals surface area contributed by atoms with Gasteiger partial charge in [-0.15, -0.1) is 0 Å². The molecule has 2 N–H and O–H groups in total. The van der Waals surface area contributed by atoms with Crippen molar-refractivity contribution in [2.45, 2.75) is 101 Å². The van der Waals surface area contributed by atoms with Crippen molar-refractivity contribution in [3.05, 3.63) is 141 Å². The first-order valence-electron chi connectivity index (χ1n) is 26.3. The predicted octanol–water partition coefficient (Wildman–Crippen LogP) is 8.08. The maximum Gasteiger partial charge on any atom is 0.279 e. The number of benzene rings is 5. The molecule has 432 valence electrons. The van der Waals surface area contributed by atoms with Crippen LogP contribution >= 0.6 is 21.6 Å². The summed E-state index contributed by atoms with van der Waals surface area (Å²) in [6.45, 7) is 3.23. The van der Waals surface area contributed by atoms with Gasteiger partial charge in [0.2, 0.25) is 5.91 Å². The lowest BCUT2D eigenvalue weighted by Gasteiger charge is -2.28. The van der Waals surface area contributed by atoms with Gasteiger partial charge in [-0.3, -0.25) is 32.1 Å². The number of ether oxygens (including phenoxy) is 3. The number of methoxy groups -OCH3 is 1. The van der Waals surface area contributed by atoms with Gasteiger partial charge in [0.15, 0.2) is 16.7 Å². The van der Waals surface area contributed by atoms with Crippen molar-refractivity contribution in [2.75, 3.05) is 53.7 Å². The van der Waals surface area contributed by atoms with E-state index in [4.69, 9.17) is 22.6 Å². The number of nitrogens with one attached hydrogen (secondary N) is 1. The second-order valence-electron chi connectivity index (χ2n) is 20.4. The van der Waals surface area contributed by atoms with Crippen LogP contribution in [0, 0.1) is 12.8 Å². The highest BCUT2D eigenvalue weighted by Gasteiger charge is 2.48. The highest BCUT2D eigenvalue weighted by Crippen LogP contribution is 2.44. The molecule has 5 aromatic carbocycles. The minimum absolute atomic E-state index is 0.0525. The molecule has 0 fully saturated rings. The zero-order valence-electron chi connectivity index (χ0n) is 45.2. The molecular weight excluding hydrogens is 1140 g/mol. The number of ketones is 1. The van der Waals surface area contributed by atoms with Crippen LogP contribution in [0.4, 0.5) is 17.1 Å². The maximum absolute atomic E-state index is 14.5. The van der Waals surface area contributed by atoms with E-state index in [0.29, 0.717) is 88.4 Å². The van der Waals surface area contributed by atoms with E-state index in [1.807, 2.05) is 31.2 Å². The average Bonchev–Trinajstić information content (AvgIpc) is 3.17. The zero-order valence-corrected chi connectivity index (χ0v) is 49.3. The molecule has 9 rings (SSSR count). The summed E-state index contributed by atoms with van der Waals surface area (Å²) in [5.74, 6) is -1.09. The molecule has 4 heterocycles. The van der Waals surface area contributed by atoms with Gasteiger partial charge in [0, 0.05) is 64.5 Å². The van der Waals surface area contributed by atoms with Gasteiger partial charge >= 0.3 is 0 Å². The number of carbonyl (C=O) groups is 4. The molecule has 3 amide bonds. The zero-order chi connectivity index (χ0) is 58.0. The summed E-state index contributed by atoms with van der Waals surface area (Å²) in [6.07, 6.45) is 2.22. The van der Waals surface area contributed by atoms with Crippen molar-refractivity contribution in [2.24, 2.45) is 5.92 Å². The number of amides is 3. The van der Waals surface area contributed by atoms with Crippen molar-refractivity contribution in [1.29, 1.82) is 0 Å². The number of fused-ring (bicyclic) bond motifs is 8. The third kappa shape index (κ3) is 13.1. The van der Waals surface area contributed by atoms with Crippen LogP contribution in [0.1, 0.15) is 92.3 Å². The number of aryl methyl sites for hydroxylation is 1. The Morgan fingerprint density at radius 3 is 1.89 bits per heavy atom. The molecule has 5 atom stereocenters. The molecule has 19 nitrogen and oxygen atoms in total. The number of nitrogens with zero attached hydrogens (tertiary/aromatic N) is 2. The van der Waals surface area contributed by atoms with Crippen LogP contribution in [0.25, 0.3) is 0 Å². The normalized spacial score (nSPS) is 18.8. The van der Waals surface area contributed by atoms with Gasteiger partial charge in [0.25, 0.3) is 42.2 Å². The predicted molar refractivity (Wildman–Crippen MR) is 310 cm³/mol. The molecule has 3 unspecified atom stereocenters. The molecule has 0 radical (unpaired) electrons. The molecule has 0 bridgehead atoms. The topological polar surface area (TPSA) is 256 Å². The number of anilines is 3. The largest absolute Gasteiger partial charge is 0.493 e. The number of rotatable bonds is 24. The average molecular weight is 1210 g/mol. The number of hydrogen-bond acceptors (Lipinski definition) is 17. The molecule has 81 heavy (non-hydrogen) atoms. The Morgan fingerprint density at radius 1 is 0.691 bits per heavy atom. The van der Waals surface area contributed by atoms with Crippen molar-refractivity contribution in [3.8, 4) is 17.2 Å². The summed E-state index contributed by atoms with van der Waals surface area (Å²) in [5.41, 5.74) is 6.16. The second-order valence-corrected chi connectivity index (χ2v) is 28.4. The Hall–Kier alpha value is -5.99. The van der Waals surface area contributed by atoms with E-state index in [9.17, 15) is 49.0 Å². The monoisotopic (exact) mass is 1210 g/mol. The molecule has 4 aliphatic heterocycles. The van der Waals surface area contributed by atoms with E-state index in [1.54, 1.807) is 83.5 Å². The highest BCUT2D eigenvalue weighted by atomic mass is 33.1. The van der Waals surface area contributed by atoms with E-state index >= 15 is 0 Å². The summed E-state index contributed by atoms with van der Waals surface area (Å²) in [5, 5.41) is 0.0414. The van der Waals surface area contributed by atoms with Gasteiger partial charge in [0.05, 0.1) is 33.1 Å². The highest BCUT2D eigenvalue weighted by molar-refractivity contribution is 8.76. The van der Waals surface area contributed by atoms with E-state index in [1.165, 1.54) is 28.7 Å². The molecule has 24 heteroatoms. The maximum atomic E-state index is 14.5. The fourth-order valence-electron chi connectivity index (χ4n) is 11.3. The Kier molecular flexibility index (Phi) is 18.3. The van der Waals surface area contributed by atoms with Crippen LogP contribution < -0.4 is 29.3 Å². The van der Waals surface area contributed by atoms with E-state index < -0.39 is 70.5 Å². The van der Waals surface area contributed by atoms with Crippen LogP contribution in [0.5, 0.6) is 17.2 Å². The van der Waals surface area contributed by atoms with E-state index in [2.05, 4.69) is 5.32 Å². The van der Waals surface area contributed by atoms with Gasteiger partial charge in [-0.2, -0.15) is 25.3 Å². The van der Waals surface area contributed by atoms with Crippen molar-refractivity contribution >= 4 is 92.5 Å². The number of carbonyl (C=O) groups excluding carboxylic acids is 4. The lowest BCUT2D eigenvalue weighted by Crippen LogP contribution is -2.47. The first kappa shape index (κ1) is 59.6. The van der Waals surface area contributed by atoms with E-state index in [-0.39, 0.29) is 78.6 Å².